The molecule has 152 valence electrons. The maximum atomic E-state index is 14.6. The van der Waals surface area contributed by atoms with Gasteiger partial charge in [-0.1, -0.05) is 60.7 Å². The molecule has 2 aromatic rings. The summed E-state index contributed by atoms with van der Waals surface area (Å²) in [5.41, 5.74) is -0.675. The highest BCUT2D eigenvalue weighted by molar-refractivity contribution is 7.79. The van der Waals surface area contributed by atoms with Crippen LogP contribution in [0, 0.1) is 0 Å². The summed E-state index contributed by atoms with van der Waals surface area (Å²) in [6, 6.07) is 18.2. The molecular weight excluding hydrogens is 391 g/mol. The molecule has 3 rings (SSSR count). The van der Waals surface area contributed by atoms with Gasteiger partial charge in [0.15, 0.2) is 19.3 Å². The van der Waals surface area contributed by atoms with Crippen molar-refractivity contribution >= 4 is 29.7 Å². The molecule has 0 saturated heterocycles. The molecule has 0 unspecified atom stereocenters. The largest absolute Gasteiger partial charge is 0.491 e. The molecule has 6 nitrogen and oxygen atoms in total. The number of benzene rings is 2. The first kappa shape index (κ1) is 20.9. The molecule has 7 heteroatoms. The molecule has 3 atom stereocenters. The van der Waals surface area contributed by atoms with E-state index in [0.29, 0.717) is 10.6 Å². The first-order valence-electron chi connectivity index (χ1n) is 9.26. The highest BCUT2D eigenvalue weighted by Gasteiger charge is 2.47. The number of ether oxygens (including phenoxy) is 3. The molecule has 0 saturated carbocycles. The van der Waals surface area contributed by atoms with E-state index >= 15 is 0 Å². The van der Waals surface area contributed by atoms with Gasteiger partial charge in [0.25, 0.3) is 0 Å². The fraction of sp³-hybridized carbons (Fsp3) is 0.273. The van der Waals surface area contributed by atoms with Crippen molar-refractivity contribution in [2.24, 2.45) is 0 Å². The van der Waals surface area contributed by atoms with Gasteiger partial charge < -0.3 is 18.8 Å². The smallest absolute Gasteiger partial charge is 0.303 e. The Morgan fingerprint density at radius 3 is 1.97 bits per heavy atom. The fourth-order valence-corrected chi connectivity index (χ4v) is 6.62. The molecule has 1 aliphatic rings. The summed E-state index contributed by atoms with van der Waals surface area (Å²) in [6.45, 7) is 2.46. The minimum absolute atomic E-state index is 0.113. The molecule has 0 amide bonds. The van der Waals surface area contributed by atoms with Crippen molar-refractivity contribution in [3.05, 3.63) is 73.0 Å². The van der Waals surface area contributed by atoms with Gasteiger partial charge in [-0.2, -0.15) is 0 Å². The Kier molecular flexibility index (Phi) is 6.55. The van der Waals surface area contributed by atoms with Gasteiger partial charge in [0.05, 0.1) is 11.9 Å². The molecule has 0 bridgehead atoms. The quantitative estimate of drug-likeness (QED) is 0.534. The van der Waals surface area contributed by atoms with Crippen LogP contribution in [0.4, 0.5) is 0 Å². The van der Waals surface area contributed by atoms with Crippen LogP contribution in [-0.2, 0) is 28.4 Å². The molecule has 1 heterocycles. The number of hydrogen-bond donors (Lipinski definition) is 0. The summed E-state index contributed by atoms with van der Waals surface area (Å²) in [7, 11) is -3.28. The molecule has 2 aromatic carbocycles. The normalized spacial score (nSPS) is 21.1. The second kappa shape index (κ2) is 9.10. The summed E-state index contributed by atoms with van der Waals surface area (Å²) in [4.78, 5) is 23.1. The van der Waals surface area contributed by atoms with E-state index in [4.69, 9.17) is 14.2 Å². The highest BCUT2D eigenvalue weighted by atomic mass is 31.2. The van der Waals surface area contributed by atoms with Crippen LogP contribution < -0.4 is 10.6 Å². The van der Waals surface area contributed by atoms with Gasteiger partial charge in [0.2, 0.25) is 0 Å². The average molecular weight is 414 g/mol. The second-order valence-electron chi connectivity index (χ2n) is 6.70. The Balaban J connectivity index is 2.11. The first-order valence-corrected chi connectivity index (χ1v) is 11.0. The molecule has 0 radical (unpaired) electrons. The lowest BCUT2D eigenvalue weighted by Gasteiger charge is -2.38. The molecule has 29 heavy (non-hydrogen) atoms. The van der Waals surface area contributed by atoms with Crippen LogP contribution in [0.5, 0.6) is 0 Å². The topological polar surface area (TPSA) is 78.9 Å². The van der Waals surface area contributed by atoms with Crippen molar-refractivity contribution in [2.45, 2.75) is 31.7 Å². The van der Waals surface area contributed by atoms with E-state index in [0.717, 1.165) is 0 Å². The van der Waals surface area contributed by atoms with Crippen molar-refractivity contribution < 1.29 is 28.4 Å². The van der Waals surface area contributed by atoms with Gasteiger partial charge in [0, 0.05) is 24.5 Å². The van der Waals surface area contributed by atoms with E-state index in [1.165, 1.54) is 20.1 Å². The molecule has 0 aliphatic carbocycles. The van der Waals surface area contributed by atoms with Crippen LogP contribution in [0.1, 0.15) is 13.8 Å². The maximum absolute atomic E-state index is 14.6. The molecule has 0 fully saturated rings. The highest BCUT2D eigenvalue weighted by Crippen LogP contribution is 2.52. The third-order valence-electron chi connectivity index (χ3n) is 4.68. The van der Waals surface area contributed by atoms with E-state index in [9.17, 15) is 14.2 Å². The van der Waals surface area contributed by atoms with Crippen molar-refractivity contribution in [3.8, 4) is 0 Å². The van der Waals surface area contributed by atoms with Gasteiger partial charge in [0.1, 0.15) is 6.61 Å². The summed E-state index contributed by atoms with van der Waals surface area (Å²) >= 11 is 0. The Hall–Kier alpha value is -2.85. The third kappa shape index (κ3) is 4.60. The van der Waals surface area contributed by atoms with Gasteiger partial charge >= 0.3 is 11.9 Å². The second-order valence-corrected chi connectivity index (χ2v) is 9.64. The summed E-state index contributed by atoms with van der Waals surface area (Å²) in [5, 5.41) is 1.29. The van der Waals surface area contributed by atoms with E-state index < -0.39 is 36.9 Å². The monoisotopic (exact) mass is 414 g/mol. The Labute approximate surface area is 169 Å². The molecule has 1 aliphatic heterocycles. The number of rotatable bonds is 6. The summed E-state index contributed by atoms with van der Waals surface area (Å²) in [6.07, 6.45) is 1.46. The van der Waals surface area contributed by atoms with Crippen LogP contribution in [0.15, 0.2) is 73.0 Å². The van der Waals surface area contributed by atoms with Gasteiger partial charge in [-0.3, -0.25) is 9.59 Å². The predicted molar refractivity (Wildman–Crippen MR) is 110 cm³/mol. The van der Waals surface area contributed by atoms with Crippen molar-refractivity contribution in [1.82, 2.24) is 0 Å². The summed E-state index contributed by atoms with van der Waals surface area (Å²) in [5.74, 6) is -1.00. The number of carbonyl (C=O) groups excluding carboxylic acids is 2. The molecule has 0 spiro atoms. The Bertz CT molecular complexity index is 881. The first-order chi connectivity index (χ1) is 13.9. The van der Waals surface area contributed by atoms with Crippen molar-refractivity contribution in [2.75, 3.05) is 6.61 Å². The van der Waals surface area contributed by atoms with E-state index in [1.54, 1.807) is 6.08 Å². The zero-order valence-electron chi connectivity index (χ0n) is 16.3. The van der Waals surface area contributed by atoms with Crippen LogP contribution >= 0.6 is 7.14 Å². The lowest BCUT2D eigenvalue weighted by atomic mass is 10.1. The maximum Gasteiger partial charge on any atom is 0.303 e. The Morgan fingerprint density at radius 1 is 0.931 bits per heavy atom. The average Bonchev–Trinajstić information content (AvgIpc) is 2.73. The van der Waals surface area contributed by atoms with Gasteiger partial charge in [-0.25, -0.2) is 0 Å². The van der Waals surface area contributed by atoms with Crippen LogP contribution in [0.2, 0.25) is 0 Å². The molecule has 0 aromatic heterocycles. The number of hydrogen-bond acceptors (Lipinski definition) is 6. The zero-order chi connectivity index (χ0) is 20.9. The van der Waals surface area contributed by atoms with E-state index in [2.05, 4.69) is 0 Å². The Morgan fingerprint density at radius 2 is 1.48 bits per heavy atom. The van der Waals surface area contributed by atoms with Gasteiger partial charge in [-0.05, 0) is 6.08 Å². The minimum atomic E-state index is -3.28. The molecular formula is C22H23O6P. The predicted octanol–water partition coefficient (Wildman–Crippen LogP) is 2.78. The van der Waals surface area contributed by atoms with Crippen molar-refractivity contribution in [1.29, 1.82) is 0 Å². The molecule has 0 N–H and O–H groups in total. The zero-order valence-corrected chi connectivity index (χ0v) is 17.2. The van der Waals surface area contributed by atoms with E-state index in [-0.39, 0.29) is 6.61 Å². The number of esters is 2. The SMILES string of the molecule is CC(=O)OC[C@H]1OC=C[C@@H](P(=O)(c2ccccc2)c2ccccc2)[C@@H]1OC(C)=O. The standard InChI is InChI=1S/C22H23O6P/c1-16(23)27-15-20-22(28-17(2)24)21(13-14-26-20)29(25,18-9-5-3-6-10-18)19-11-7-4-8-12-19/h3-14,20-22H,15H2,1-2H3/t20-,21-,22-/m1/s1. The number of carbonyl (C=O) groups is 2. The van der Waals surface area contributed by atoms with E-state index in [1.807, 2.05) is 60.7 Å². The summed E-state index contributed by atoms with van der Waals surface area (Å²) < 4.78 is 30.9. The minimum Gasteiger partial charge on any atom is -0.491 e. The lowest BCUT2D eigenvalue weighted by molar-refractivity contribution is -0.159. The van der Waals surface area contributed by atoms with Crippen LogP contribution in [0.3, 0.4) is 0 Å². The van der Waals surface area contributed by atoms with Crippen molar-refractivity contribution in [3.63, 3.8) is 0 Å². The van der Waals surface area contributed by atoms with Crippen LogP contribution in [-0.4, -0.2) is 36.4 Å². The van der Waals surface area contributed by atoms with Gasteiger partial charge in [-0.15, -0.1) is 0 Å². The van der Waals surface area contributed by atoms with Crippen LogP contribution in [0.25, 0.3) is 0 Å². The fourth-order valence-electron chi connectivity index (χ4n) is 3.42. The lowest BCUT2D eigenvalue weighted by Crippen LogP contribution is -2.48. The third-order valence-corrected chi connectivity index (χ3v) is 8.12.